The number of alkyl halides is 3. The molecule has 0 radical (unpaired) electrons. The molecule has 14 heteroatoms. The predicted molar refractivity (Wildman–Crippen MR) is 173 cm³/mol. The number of fused-ring (bicyclic) bond motifs is 9. The molecule has 0 unspecified atom stereocenters. The van der Waals surface area contributed by atoms with Crippen molar-refractivity contribution in [3.8, 4) is 28.7 Å². The number of aliphatic hydroxyl groups excluding tert-OH is 1. The molecule has 3 aromatic rings. The fraction of sp³-hybridized carbons (Fsp3) is 0.389. The number of benzene rings is 3. The zero-order chi connectivity index (χ0) is 35.6. The molecular formula is C36H36F3N3O8. The van der Waals surface area contributed by atoms with Crippen molar-refractivity contribution in [2.24, 2.45) is 0 Å². The highest BCUT2D eigenvalue weighted by atomic mass is 19.4. The third kappa shape index (κ3) is 5.60. The van der Waals surface area contributed by atoms with E-state index in [0.29, 0.717) is 45.9 Å². The van der Waals surface area contributed by atoms with E-state index in [0.717, 1.165) is 29.3 Å². The Bertz CT molecular complexity index is 1930. The summed E-state index contributed by atoms with van der Waals surface area (Å²) in [5, 5.41) is 29.9. The summed E-state index contributed by atoms with van der Waals surface area (Å²) in [5.74, 6) is 0.273. The highest BCUT2D eigenvalue weighted by Gasteiger charge is 2.54. The number of ether oxygens (including phenoxy) is 4. The molecule has 4 N–H and O–H groups in total. The van der Waals surface area contributed by atoms with E-state index < -0.39 is 54.0 Å². The molecule has 4 heterocycles. The molecule has 0 aliphatic carbocycles. The van der Waals surface area contributed by atoms with E-state index >= 15 is 0 Å². The van der Waals surface area contributed by atoms with Gasteiger partial charge in [-0.05, 0) is 61.6 Å². The minimum atomic E-state index is -4.53. The number of aliphatic hydroxyl groups is 1. The Labute approximate surface area is 285 Å². The lowest BCUT2D eigenvalue weighted by atomic mass is 9.74. The smallest absolute Gasteiger partial charge is 0.416 e. The average molecular weight is 696 g/mol. The van der Waals surface area contributed by atoms with Gasteiger partial charge in [0.1, 0.15) is 12.0 Å². The summed E-state index contributed by atoms with van der Waals surface area (Å²) in [6.07, 6.45) is -2.52. The minimum Gasteiger partial charge on any atom is -0.504 e. The number of methoxy groups -OCH3 is 1. The molecule has 0 spiro atoms. The first-order valence-electron chi connectivity index (χ1n) is 16.2. The lowest BCUT2D eigenvalue weighted by Crippen LogP contribution is -2.69. The summed E-state index contributed by atoms with van der Waals surface area (Å²) in [5.41, 5.74) is 3.36. The van der Waals surface area contributed by atoms with Crippen LogP contribution < -0.4 is 29.6 Å². The van der Waals surface area contributed by atoms with Gasteiger partial charge < -0.3 is 39.8 Å². The fourth-order valence-electron chi connectivity index (χ4n) is 7.95. The van der Waals surface area contributed by atoms with Crippen LogP contribution in [-0.4, -0.2) is 65.7 Å². The minimum absolute atomic E-state index is 0.00718. The van der Waals surface area contributed by atoms with Crippen molar-refractivity contribution < 1.29 is 51.9 Å². The average Bonchev–Trinajstić information content (AvgIpc) is 3.56. The van der Waals surface area contributed by atoms with Crippen LogP contribution in [-0.2, 0) is 28.6 Å². The van der Waals surface area contributed by atoms with Crippen LogP contribution in [0, 0.1) is 13.8 Å². The Hall–Kier alpha value is -4.79. The first-order chi connectivity index (χ1) is 23.8. The number of hydrogen-bond donors (Lipinski definition) is 4. The number of carbonyl (C=O) groups excluding carboxylic acids is 2. The summed E-state index contributed by atoms with van der Waals surface area (Å²) in [7, 11) is 1.48. The van der Waals surface area contributed by atoms with Crippen molar-refractivity contribution in [1.82, 2.24) is 15.5 Å². The molecule has 0 saturated carbocycles. The van der Waals surface area contributed by atoms with Gasteiger partial charge in [0.15, 0.2) is 23.0 Å². The predicted octanol–water partition coefficient (Wildman–Crippen LogP) is 4.38. The molecule has 7 rings (SSSR count). The first kappa shape index (κ1) is 33.7. The molecule has 1 saturated heterocycles. The lowest BCUT2D eigenvalue weighted by Gasteiger charge is -2.56. The number of piperazine rings is 1. The third-order valence-electron chi connectivity index (χ3n) is 9.95. The number of amides is 1. The molecule has 2 bridgehead atoms. The molecule has 0 aromatic heterocycles. The van der Waals surface area contributed by atoms with E-state index in [2.05, 4.69) is 10.6 Å². The van der Waals surface area contributed by atoms with Gasteiger partial charge in [-0.1, -0.05) is 18.2 Å². The second-order valence-corrected chi connectivity index (χ2v) is 13.0. The maximum absolute atomic E-state index is 13.2. The van der Waals surface area contributed by atoms with Crippen LogP contribution in [0.4, 0.5) is 13.2 Å². The lowest BCUT2D eigenvalue weighted by molar-refractivity contribution is -0.137. The topological polar surface area (TPSA) is 139 Å². The number of hydrogen-bond acceptors (Lipinski definition) is 10. The zero-order valence-corrected chi connectivity index (χ0v) is 27.7. The van der Waals surface area contributed by atoms with E-state index in [1.165, 1.54) is 32.2 Å². The van der Waals surface area contributed by atoms with Gasteiger partial charge in [0.05, 0.1) is 30.8 Å². The summed E-state index contributed by atoms with van der Waals surface area (Å²) in [6.45, 7) is 4.73. The maximum atomic E-state index is 13.2. The summed E-state index contributed by atoms with van der Waals surface area (Å²) in [4.78, 5) is 27.5. The molecule has 4 aliphatic heterocycles. The number of nitrogens with zero attached hydrogens (tertiary/aromatic N) is 1. The van der Waals surface area contributed by atoms with Crippen molar-refractivity contribution in [2.75, 3.05) is 20.4 Å². The molecule has 11 nitrogen and oxygen atoms in total. The van der Waals surface area contributed by atoms with Crippen LogP contribution in [0.25, 0.3) is 6.08 Å². The van der Waals surface area contributed by atoms with Crippen molar-refractivity contribution in [3.05, 3.63) is 80.9 Å². The molecule has 5 atom stereocenters. The van der Waals surface area contributed by atoms with Crippen LogP contribution >= 0.6 is 0 Å². The standard InChI is InChI=1S/C36H36F3N3O8/c1-16-10-20-12-23-35(46)42-24(29(41-23)27(20)30(45)31(16)47-4)13-22-28(34-33(48-15-49-34)17(2)32(22)50-18(3)43)25(42)14-40-26(44)9-8-19-6-5-7-21(11-19)36(37,38)39/h5-11,23-25,29,35,41,45-46H,12-15H2,1-4H3,(H,40,44)/b9-8+/t23-,24+,25+,29-,35+/m1/s1. The number of nitrogens with one attached hydrogen (secondary N) is 2. The van der Waals surface area contributed by atoms with E-state index in [-0.39, 0.29) is 36.8 Å². The molecule has 1 amide bonds. The van der Waals surface area contributed by atoms with Crippen molar-refractivity contribution in [1.29, 1.82) is 0 Å². The van der Waals surface area contributed by atoms with E-state index in [1.807, 2.05) is 17.9 Å². The molecule has 4 aliphatic rings. The molecule has 1 fully saturated rings. The largest absolute Gasteiger partial charge is 0.504 e. The van der Waals surface area contributed by atoms with Crippen LogP contribution in [0.15, 0.2) is 36.4 Å². The quantitative estimate of drug-likeness (QED) is 0.167. The second kappa shape index (κ2) is 12.5. The maximum Gasteiger partial charge on any atom is 0.416 e. The third-order valence-corrected chi connectivity index (χ3v) is 9.95. The van der Waals surface area contributed by atoms with Gasteiger partial charge in [-0.15, -0.1) is 0 Å². The van der Waals surface area contributed by atoms with Crippen molar-refractivity contribution in [3.63, 3.8) is 0 Å². The second-order valence-electron chi connectivity index (χ2n) is 13.0. The van der Waals surface area contributed by atoms with Crippen LogP contribution in [0.1, 0.15) is 63.5 Å². The van der Waals surface area contributed by atoms with Gasteiger partial charge in [-0.3, -0.25) is 14.5 Å². The van der Waals surface area contributed by atoms with Crippen LogP contribution in [0.2, 0.25) is 0 Å². The number of phenolic OH excluding ortho intramolecular Hbond substituents is 1. The van der Waals surface area contributed by atoms with Gasteiger partial charge in [0.2, 0.25) is 12.7 Å². The van der Waals surface area contributed by atoms with Gasteiger partial charge in [-0.2, -0.15) is 13.2 Å². The highest BCUT2D eigenvalue weighted by Crippen LogP contribution is 2.56. The zero-order valence-electron chi connectivity index (χ0n) is 27.7. The van der Waals surface area contributed by atoms with Crippen molar-refractivity contribution >= 4 is 18.0 Å². The normalized spacial score (nSPS) is 23.6. The van der Waals surface area contributed by atoms with Gasteiger partial charge in [-0.25, -0.2) is 0 Å². The number of rotatable bonds is 6. The van der Waals surface area contributed by atoms with E-state index in [4.69, 9.17) is 18.9 Å². The van der Waals surface area contributed by atoms with E-state index in [9.17, 15) is 33.0 Å². The Kier molecular flexibility index (Phi) is 8.43. The first-order valence-corrected chi connectivity index (χ1v) is 16.2. The number of halogens is 3. The summed E-state index contributed by atoms with van der Waals surface area (Å²) < 4.78 is 62.9. The molecule has 264 valence electrons. The molecule has 50 heavy (non-hydrogen) atoms. The number of aromatic hydroxyl groups is 1. The summed E-state index contributed by atoms with van der Waals surface area (Å²) in [6, 6.07) is 4.33. The number of esters is 1. The van der Waals surface area contributed by atoms with Crippen molar-refractivity contribution in [2.45, 2.75) is 70.2 Å². The number of aryl methyl sites for hydroxylation is 1. The van der Waals surface area contributed by atoms with Crippen LogP contribution in [0.3, 0.4) is 0 Å². The fourth-order valence-corrected chi connectivity index (χ4v) is 7.95. The highest BCUT2D eigenvalue weighted by molar-refractivity contribution is 5.91. The Morgan fingerprint density at radius 3 is 2.60 bits per heavy atom. The van der Waals surface area contributed by atoms with Gasteiger partial charge in [0, 0.05) is 47.8 Å². The van der Waals surface area contributed by atoms with Gasteiger partial charge in [0.25, 0.3) is 0 Å². The van der Waals surface area contributed by atoms with Gasteiger partial charge >= 0.3 is 12.1 Å². The Balaban J connectivity index is 1.31. The number of phenols is 1. The summed E-state index contributed by atoms with van der Waals surface area (Å²) >= 11 is 0. The Morgan fingerprint density at radius 2 is 1.88 bits per heavy atom. The Morgan fingerprint density at radius 1 is 1.12 bits per heavy atom. The number of carbonyl (C=O) groups is 2. The molecule has 3 aromatic carbocycles. The van der Waals surface area contributed by atoms with Crippen LogP contribution in [0.5, 0.6) is 28.7 Å². The molecular weight excluding hydrogens is 659 g/mol. The van der Waals surface area contributed by atoms with E-state index in [1.54, 1.807) is 6.92 Å². The SMILES string of the molecule is COc1c(C)cc2c(c1O)[C@@H]1N[C@H](C2)[C@H](O)N2[C@@H](CNC(=O)/C=C/c3cccc(C(F)(F)F)c3)c3c(c(OC(C)=O)c(C)c4c3OCO4)C[C@@H]12. The monoisotopic (exact) mass is 695 g/mol.